The fraction of sp³-hybridized carbons (Fsp3) is 0.526. The van der Waals surface area contributed by atoms with Gasteiger partial charge in [0.2, 0.25) is 5.89 Å². The van der Waals surface area contributed by atoms with E-state index in [1.54, 1.807) is 6.92 Å². The van der Waals surface area contributed by atoms with Crippen LogP contribution in [-0.4, -0.2) is 41.4 Å². The maximum Gasteiger partial charge on any atom is 0.318 e. The minimum atomic E-state index is -0.599. The summed E-state index contributed by atoms with van der Waals surface area (Å²) >= 11 is 0. The second kappa shape index (κ2) is 5.81. The molecule has 1 N–H and O–H groups in total. The van der Waals surface area contributed by atoms with E-state index in [0.29, 0.717) is 31.0 Å². The predicted molar refractivity (Wildman–Crippen MR) is 93.7 cm³/mol. The van der Waals surface area contributed by atoms with Crippen LogP contribution in [-0.2, 0) is 16.0 Å². The summed E-state index contributed by atoms with van der Waals surface area (Å²) in [5.41, 5.74) is 1.80. The summed E-state index contributed by atoms with van der Waals surface area (Å²) in [7, 11) is 0. The average molecular weight is 354 g/mol. The number of nitrogens with one attached hydrogen (secondary N) is 1. The monoisotopic (exact) mass is 354 g/mol. The highest BCUT2D eigenvalue weighted by atomic mass is 16.5. The molecule has 3 aliphatic heterocycles. The minimum absolute atomic E-state index is 0.00890. The molecule has 4 aliphatic rings. The number of hydrogen-bond acceptors (Lipinski definition) is 6. The van der Waals surface area contributed by atoms with Crippen molar-refractivity contribution in [3.63, 3.8) is 0 Å². The molecule has 1 aromatic carbocycles. The normalized spacial score (nSPS) is 29.7. The number of hydrogen-bond donors (Lipinski definition) is 1. The zero-order valence-corrected chi connectivity index (χ0v) is 14.8. The number of carbonyl (C=O) groups excluding carboxylic acids is 1. The molecule has 1 saturated carbocycles. The van der Waals surface area contributed by atoms with E-state index in [2.05, 4.69) is 32.5 Å². The Bertz CT molecular complexity index is 837. The van der Waals surface area contributed by atoms with Crippen LogP contribution in [0.3, 0.4) is 0 Å². The summed E-state index contributed by atoms with van der Waals surface area (Å²) in [6.07, 6.45) is 2.56. The molecule has 2 bridgehead atoms. The number of aryl methyl sites for hydroxylation is 1. The van der Waals surface area contributed by atoms with Crippen LogP contribution in [0.4, 0.5) is 6.01 Å². The van der Waals surface area contributed by atoms with Gasteiger partial charge in [-0.25, -0.2) is 0 Å². The molecule has 1 amide bonds. The number of amides is 1. The summed E-state index contributed by atoms with van der Waals surface area (Å²) in [5, 5.41) is 11.3. The van der Waals surface area contributed by atoms with Crippen LogP contribution in [0.15, 0.2) is 28.7 Å². The summed E-state index contributed by atoms with van der Waals surface area (Å²) in [6.45, 7) is 3.87. The molecule has 26 heavy (non-hydrogen) atoms. The summed E-state index contributed by atoms with van der Waals surface area (Å²) in [4.78, 5) is 15.0. The van der Waals surface area contributed by atoms with Gasteiger partial charge in [0.15, 0.2) is 0 Å². The first-order valence-corrected chi connectivity index (χ1v) is 9.21. The molecular weight excluding hydrogens is 332 g/mol. The van der Waals surface area contributed by atoms with Gasteiger partial charge in [-0.2, -0.15) is 0 Å². The van der Waals surface area contributed by atoms with Crippen LogP contribution in [0.25, 0.3) is 0 Å². The van der Waals surface area contributed by atoms with Crippen molar-refractivity contribution < 1.29 is 13.9 Å². The molecular formula is C19H22N4O3. The number of carbonyl (C=O) groups is 1. The standard InChI is InChI=1S/C19H22N4O3/c1-12-21-22-18(26-12)23-7-6-14-4-2-3-5-15(14)16(10-23)20-17(24)19-8-13(9-19)11-25-19/h2-5,13,16H,6-11H2,1H3,(H,20,24). The number of aromatic nitrogens is 2. The van der Waals surface area contributed by atoms with Crippen molar-refractivity contribution in [1.82, 2.24) is 15.5 Å². The van der Waals surface area contributed by atoms with Crippen LogP contribution >= 0.6 is 0 Å². The largest absolute Gasteiger partial charge is 0.408 e. The summed E-state index contributed by atoms with van der Waals surface area (Å²) in [5.74, 6) is 1.11. The SMILES string of the molecule is Cc1nnc(N2CCc3ccccc3C(NC(=O)C34CC(CO3)C4)C2)o1. The lowest BCUT2D eigenvalue weighted by molar-refractivity contribution is -0.144. The van der Waals surface area contributed by atoms with Crippen molar-refractivity contribution >= 4 is 11.9 Å². The van der Waals surface area contributed by atoms with Crippen LogP contribution in [0.1, 0.15) is 35.9 Å². The molecule has 2 saturated heterocycles. The van der Waals surface area contributed by atoms with Gasteiger partial charge >= 0.3 is 6.01 Å². The smallest absolute Gasteiger partial charge is 0.318 e. The van der Waals surface area contributed by atoms with E-state index in [4.69, 9.17) is 9.15 Å². The van der Waals surface area contributed by atoms with Crippen LogP contribution in [0.2, 0.25) is 0 Å². The molecule has 6 rings (SSSR count). The highest BCUT2D eigenvalue weighted by Crippen LogP contribution is 2.48. The number of nitrogens with zero attached hydrogens (tertiary/aromatic N) is 3. The van der Waals surface area contributed by atoms with Crippen molar-refractivity contribution in [2.45, 2.75) is 37.8 Å². The van der Waals surface area contributed by atoms with Gasteiger partial charge in [0.1, 0.15) is 5.60 Å². The lowest BCUT2D eigenvalue weighted by Crippen LogP contribution is -2.53. The van der Waals surface area contributed by atoms with Crippen molar-refractivity contribution in [2.24, 2.45) is 5.92 Å². The van der Waals surface area contributed by atoms with Gasteiger partial charge < -0.3 is 19.4 Å². The number of anilines is 1. The van der Waals surface area contributed by atoms with Crippen molar-refractivity contribution in [1.29, 1.82) is 0 Å². The van der Waals surface area contributed by atoms with Gasteiger partial charge in [-0.15, -0.1) is 5.10 Å². The molecule has 1 aromatic heterocycles. The Morgan fingerprint density at radius 2 is 2.15 bits per heavy atom. The first-order valence-electron chi connectivity index (χ1n) is 9.21. The number of ether oxygens (including phenoxy) is 1. The lowest BCUT2D eigenvalue weighted by atomic mass is 9.74. The van der Waals surface area contributed by atoms with Crippen LogP contribution in [0.5, 0.6) is 0 Å². The van der Waals surface area contributed by atoms with Gasteiger partial charge in [-0.05, 0) is 36.3 Å². The average Bonchev–Trinajstić information content (AvgIpc) is 3.31. The quantitative estimate of drug-likeness (QED) is 0.905. The number of benzene rings is 1. The Hall–Kier alpha value is -2.41. The third-order valence-corrected chi connectivity index (χ3v) is 5.82. The van der Waals surface area contributed by atoms with E-state index in [-0.39, 0.29) is 11.9 Å². The Kier molecular flexibility index (Phi) is 3.53. The second-order valence-electron chi connectivity index (χ2n) is 7.60. The van der Waals surface area contributed by atoms with Gasteiger partial charge in [-0.3, -0.25) is 4.79 Å². The lowest BCUT2D eigenvalue weighted by Gasteiger charge is -2.36. The second-order valence-corrected chi connectivity index (χ2v) is 7.60. The molecule has 7 nitrogen and oxygen atoms in total. The van der Waals surface area contributed by atoms with E-state index in [1.807, 2.05) is 12.1 Å². The van der Waals surface area contributed by atoms with Gasteiger partial charge in [0.25, 0.3) is 5.91 Å². The molecule has 0 spiro atoms. The fourth-order valence-electron chi connectivity index (χ4n) is 4.40. The third-order valence-electron chi connectivity index (χ3n) is 5.82. The molecule has 0 radical (unpaired) electrons. The molecule has 3 fully saturated rings. The Balaban J connectivity index is 1.42. The molecule has 2 aromatic rings. The summed E-state index contributed by atoms with van der Waals surface area (Å²) in [6, 6.07) is 8.66. The van der Waals surface area contributed by atoms with E-state index in [9.17, 15) is 4.79 Å². The topological polar surface area (TPSA) is 80.5 Å². The van der Waals surface area contributed by atoms with Crippen LogP contribution in [0, 0.1) is 12.8 Å². The van der Waals surface area contributed by atoms with Gasteiger partial charge in [0.05, 0.1) is 12.6 Å². The van der Waals surface area contributed by atoms with E-state index >= 15 is 0 Å². The summed E-state index contributed by atoms with van der Waals surface area (Å²) < 4.78 is 11.4. The molecule has 4 heterocycles. The number of rotatable bonds is 3. The zero-order valence-electron chi connectivity index (χ0n) is 14.8. The van der Waals surface area contributed by atoms with Gasteiger partial charge in [-0.1, -0.05) is 29.4 Å². The van der Waals surface area contributed by atoms with E-state index in [1.165, 1.54) is 5.56 Å². The maximum absolute atomic E-state index is 12.9. The van der Waals surface area contributed by atoms with Crippen molar-refractivity contribution in [2.75, 3.05) is 24.6 Å². The van der Waals surface area contributed by atoms with Crippen molar-refractivity contribution in [3.8, 4) is 0 Å². The van der Waals surface area contributed by atoms with E-state index in [0.717, 1.165) is 31.4 Å². The first-order chi connectivity index (χ1) is 12.6. The van der Waals surface area contributed by atoms with Crippen molar-refractivity contribution in [3.05, 3.63) is 41.3 Å². The molecule has 1 aliphatic carbocycles. The Morgan fingerprint density at radius 3 is 2.88 bits per heavy atom. The van der Waals surface area contributed by atoms with Crippen LogP contribution < -0.4 is 10.2 Å². The molecule has 7 heteroatoms. The van der Waals surface area contributed by atoms with Gasteiger partial charge in [0, 0.05) is 20.0 Å². The highest BCUT2D eigenvalue weighted by Gasteiger charge is 2.57. The highest BCUT2D eigenvalue weighted by molar-refractivity contribution is 5.87. The van der Waals surface area contributed by atoms with E-state index < -0.39 is 5.60 Å². The minimum Gasteiger partial charge on any atom is -0.408 e. The predicted octanol–water partition coefficient (Wildman–Crippen LogP) is 1.78. The first kappa shape index (κ1) is 15.8. The third kappa shape index (κ3) is 2.49. The zero-order chi connectivity index (χ0) is 17.7. The number of fused-ring (bicyclic) bond motifs is 2. The fourth-order valence-corrected chi connectivity index (χ4v) is 4.40. The molecule has 1 atom stereocenters. The molecule has 136 valence electrons. The Morgan fingerprint density at radius 1 is 1.31 bits per heavy atom. The Labute approximate surface area is 151 Å². The molecule has 1 unspecified atom stereocenters. The maximum atomic E-state index is 12.9.